The molecular weight excluding hydrogens is 268 g/mol. The summed E-state index contributed by atoms with van der Waals surface area (Å²) in [5.41, 5.74) is 0.984. The lowest BCUT2D eigenvalue weighted by molar-refractivity contribution is -0.138. The molecule has 1 aliphatic rings. The summed E-state index contributed by atoms with van der Waals surface area (Å²) in [4.78, 5) is 11.3. The zero-order chi connectivity index (χ0) is 11.4. The third-order valence-corrected chi connectivity index (χ3v) is 2.91. The maximum Gasteiger partial charge on any atom is 0.330 e. The molecule has 0 saturated heterocycles. The van der Waals surface area contributed by atoms with Crippen LogP contribution in [0.2, 0.25) is 0 Å². The molecule has 0 radical (unpaired) electrons. The third kappa shape index (κ3) is 3.81. The van der Waals surface area contributed by atoms with E-state index in [1.54, 1.807) is 6.08 Å². The van der Waals surface area contributed by atoms with E-state index >= 15 is 0 Å². The monoisotopic (exact) mass is 280 g/mol. The van der Waals surface area contributed by atoms with Crippen molar-refractivity contribution >= 4 is 28.0 Å². The van der Waals surface area contributed by atoms with Crippen LogP contribution in [-0.4, -0.2) is 12.6 Å². The fourth-order valence-corrected chi connectivity index (χ4v) is 1.72. The van der Waals surface area contributed by atoms with E-state index in [4.69, 9.17) is 4.74 Å². The highest BCUT2D eigenvalue weighted by molar-refractivity contribution is 9.10. The third-order valence-electron chi connectivity index (χ3n) is 2.42. The standard InChI is InChI=1S/C13H13BrO2/c14-12-3-1-2-10(8-12)6-7-13(15)16-9-11-4-5-11/h1-3,6-8,11H,4-5,9H2/b7-6+. The van der Waals surface area contributed by atoms with Gasteiger partial charge in [-0.05, 0) is 42.5 Å². The van der Waals surface area contributed by atoms with E-state index in [9.17, 15) is 4.79 Å². The van der Waals surface area contributed by atoms with E-state index in [2.05, 4.69) is 15.9 Å². The zero-order valence-electron chi connectivity index (χ0n) is 8.86. The number of hydrogen-bond donors (Lipinski definition) is 0. The molecule has 1 aromatic carbocycles. The van der Waals surface area contributed by atoms with E-state index in [-0.39, 0.29) is 5.97 Å². The molecule has 0 heterocycles. The van der Waals surface area contributed by atoms with Crippen molar-refractivity contribution in [2.75, 3.05) is 6.61 Å². The van der Waals surface area contributed by atoms with Crippen LogP contribution in [0, 0.1) is 5.92 Å². The fourth-order valence-electron chi connectivity index (χ4n) is 1.31. The van der Waals surface area contributed by atoms with Crippen molar-refractivity contribution < 1.29 is 9.53 Å². The molecule has 0 bridgehead atoms. The van der Waals surface area contributed by atoms with Crippen LogP contribution in [0.1, 0.15) is 18.4 Å². The van der Waals surface area contributed by atoms with Crippen LogP contribution in [0.15, 0.2) is 34.8 Å². The summed E-state index contributed by atoms with van der Waals surface area (Å²) in [5, 5.41) is 0. The predicted molar refractivity (Wildman–Crippen MR) is 66.9 cm³/mol. The van der Waals surface area contributed by atoms with Crippen LogP contribution in [0.4, 0.5) is 0 Å². The second kappa shape index (κ2) is 5.30. The number of rotatable bonds is 4. The molecule has 16 heavy (non-hydrogen) atoms. The Labute approximate surface area is 103 Å². The average molecular weight is 281 g/mol. The highest BCUT2D eigenvalue weighted by atomic mass is 79.9. The van der Waals surface area contributed by atoms with Gasteiger partial charge >= 0.3 is 5.97 Å². The Morgan fingerprint density at radius 1 is 1.50 bits per heavy atom. The number of carbonyl (C=O) groups is 1. The molecule has 0 aliphatic heterocycles. The van der Waals surface area contributed by atoms with Crippen LogP contribution in [0.3, 0.4) is 0 Å². The first kappa shape index (κ1) is 11.4. The SMILES string of the molecule is O=C(/C=C/c1cccc(Br)c1)OCC1CC1. The number of benzene rings is 1. The molecular formula is C13H13BrO2. The fraction of sp³-hybridized carbons (Fsp3) is 0.308. The molecule has 0 unspecified atom stereocenters. The molecule has 1 aliphatic carbocycles. The minimum absolute atomic E-state index is 0.258. The smallest absolute Gasteiger partial charge is 0.330 e. The quantitative estimate of drug-likeness (QED) is 0.624. The van der Waals surface area contributed by atoms with Gasteiger partial charge in [-0.15, -0.1) is 0 Å². The Balaban J connectivity index is 1.84. The largest absolute Gasteiger partial charge is 0.462 e. The van der Waals surface area contributed by atoms with Gasteiger partial charge in [-0.1, -0.05) is 28.1 Å². The first-order valence-electron chi connectivity index (χ1n) is 5.34. The van der Waals surface area contributed by atoms with E-state index in [1.165, 1.54) is 18.9 Å². The van der Waals surface area contributed by atoms with E-state index < -0.39 is 0 Å². The first-order chi connectivity index (χ1) is 7.74. The summed E-state index contributed by atoms with van der Waals surface area (Å²) >= 11 is 3.38. The number of hydrogen-bond acceptors (Lipinski definition) is 2. The Kier molecular flexibility index (Phi) is 3.78. The number of esters is 1. The average Bonchev–Trinajstić information content (AvgIpc) is 3.07. The molecule has 0 amide bonds. The van der Waals surface area contributed by atoms with Crippen molar-refractivity contribution in [1.82, 2.24) is 0 Å². The Morgan fingerprint density at radius 2 is 2.31 bits per heavy atom. The van der Waals surface area contributed by atoms with Gasteiger partial charge in [-0.3, -0.25) is 0 Å². The predicted octanol–water partition coefficient (Wildman–Crippen LogP) is 3.42. The summed E-state index contributed by atoms with van der Waals surface area (Å²) in [6, 6.07) is 7.77. The van der Waals surface area contributed by atoms with Gasteiger partial charge in [0.2, 0.25) is 0 Å². The minimum Gasteiger partial charge on any atom is -0.462 e. The maximum absolute atomic E-state index is 11.3. The van der Waals surface area contributed by atoms with Crippen molar-refractivity contribution in [2.24, 2.45) is 5.92 Å². The number of ether oxygens (including phenoxy) is 1. The van der Waals surface area contributed by atoms with Crippen LogP contribution < -0.4 is 0 Å². The van der Waals surface area contributed by atoms with E-state index in [0.717, 1.165) is 10.0 Å². The molecule has 0 aromatic heterocycles. The van der Waals surface area contributed by atoms with E-state index in [0.29, 0.717) is 12.5 Å². The maximum atomic E-state index is 11.3. The highest BCUT2D eigenvalue weighted by Crippen LogP contribution is 2.28. The Morgan fingerprint density at radius 3 is 3.00 bits per heavy atom. The van der Waals surface area contributed by atoms with Crippen molar-refractivity contribution in [3.05, 3.63) is 40.4 Å². The van der Waals surface area contributed by atoms with E-state index in [1.807, 2.05) is 24.3 Å². The van der Waals surface area contributed by atoms with Crippen molar-refractivity contribution in [3.8, 4) is 0 Å². The molecule has 0 spiro atoms. The van der Waals surface area contributed by atoms with Gasteiger partial charge in [0.1, 0.15) is 0 Å². The molecule has 0 atom stereocenters. The number of halogens is 1. The van der Waals surface area contributed by atoms with Gasteiger partial charge in [-0.25, -0.2) is 4.79 Å². The summed E-state index contributed by atoms with van der Waals surface area (Å²) in [5.74, 6) is 0.357. The van der Waals surface area contributed by atoms with Crippen molar-refractivity contribution in [3.63, 3.8) is 0 Å². The van der Waals surface area contributed by atoms with Gasteiger partial charge < -0.3 is 4.74 Å². The van der Waals surface area contributed by atoms with Crippen LogP contribution in [0.5, 0.6) is 0 Å². The van der Waals surface area contributed by atoms with Crippen LogP contribution in [0.25, 0.3) is 6.08 Å². The molecule has 1 fully saturated rings. The second-order valence-electron chi connectivity index (χ2n) is 3.96. The molecule has 1 saturated carbocycles. The van der Waals surface area contributed by atoms with Gasteiger partial charge in [0.25, 0.3) is 0 Å². The number of carbonyl (C=O) groups excluding carboxylic acids is 1. The van der Waals surface area contributed by atoms with Crippen LogP contribution in [-0.2, 0) is 9.53 Å². The lowest BCUT2D eigenvalue weighted by Gasteiger charge is -1.98. The van der Waals surface area contributed by atoms with Crippen LogP contribution >= 0.6 is 15.9 Å². The summed E-state index contributed by atoms with van der Waals surface area (Å²) in [6.45, 7) is 0.571. The molecule has 0 N–H and O–H groups in total. The molecule has 84 valence electrons. The van der Waals surface area contributed by atoms with Gasteiger partial charge in [-0.2, -0.15) is 0 Å². The highest BCUT2D eigenvalue weighted by Gasteiger charge is 2.22. The normalized spacial score (nSPS) is 15.3. The Hall–Kier alpha value is -1.09. The summed E-state index contributed by atoms with van der Waals surface area (Å²) < 4.78 is 6.08. The van der Waals surface area contributed by atoms with Gasteiger partial charge in [0, 0.05) is 10.5 Å². The Bertz CT molecular complexity index is 408. The van der Waals surface area contributed by atoms with Gasteiger partial charge in [0.15, 0.2) is 0 Å². The minimum atomic E-state index is -0.258. The topological polar surface area (TPSA) is 26.3 Å². The lowest BCUT2D eigenvalue weighted by Crippen LogP contribution is -2.03. The molecule has 3 heteroatoms. The second-order valence-corrected chi connectivity index (χ2v) is 4.88. The van der Waals surface area contributed by atoms with Gasteiger partial charge in [0.05, 0.1) is 6.61 Å². The van der Waals surface area contributed by atoms with Crippen molar-refractivity contribution in [1.29, 1.82) is 0 Å². The zero-order valence-corrected chi connectivity index (χ0v) is 10.4. The first-order valence-corrected chi connectivity index (χ1v) is 6.14. The molecule has 2 nitrogen and oxygen atoms in total. The summed E-state index contributed by atoms with van der Waals surface area (Å²) in [6.07, 6.45) is 5.63. The molecule has 1 aromatic rings. The van der Waals surface area contributed by atoms with Crippen molar-refractivity contribution in [2.45, 2.75) is 12.8 Å². The summed E-state index contributed by atoms with van der Waals surface area (Å²) in [7, 11) is 0. The lowest BCUT2D eigenvalue weighted by atomic mass is 10.2. The molecule has 2 rings (SSSR count).